The normalized spacial score (nSPS) is 12.9. The van der Waals surface area contributed by atoms with Gasteiger partial charge >= 0.3 is 0 Å². The minimum absolute atomic E-state index is 0.258. The van der Waals surface area contributed by atoms with E-state index in [4.69, 9.17) is 10.5 Å². The SMILES string of the molecule is CN(C)C(CN)COc1ccc(Br)cc1. The first-order valence-electron chi connectivity index (χ1n) is 4.88. The lowest BCUT2D eigenvalue weighted by Gasteiger charge is -2.22. The first-order chi connectivity index (χ1) is 7.13. The molecule has 0 saturated carbocycles. The zero-order chi connectivity index (χ0) is 11.3. The van der Waals surface area contributed by atoms with E-state index >= 15 is 0 Å². The summed E-state index contributed by atoms with van der Waals surface area (Å²) in [6, 6.07) is 8.06. The molecule has 0 aliphatic rings. The molecule has 0 bridgehead atoms. The van der Waals surface area contributed by atoms with Crippen molar-refractivity contribution in [2.75, 3.05) is 27.2 Å². The number of nitrogens with zero attached hydrogens (tertiary/aromatic N) is 1. The van der Waals surface area contributed by atoms with E-state index in [1.165, 1.54) is 0 Å². The largest absolute Gasteiger partial charge is 0.492 e. The van der Waals surface area contributed by atoms with Crippen LogP contribution in [0.2, 0.25) is 0 Å². The molecule has 0 radical (unpaired) electrons. The molecule has 0 amide bonds. The fourth-order valence-electron chi connectivity index (χ4n) is 1.15. The lowest BCUT2D eigenvalue weighted by Crippen LogP contribution is -2.39. The number of nitrogens with two attached hydrogens (primary N) is 1. The summed E-state index contributed by atoms with van der Waals surface area (Å²) in [4.78, 5) is 2.07. The number of rotatable bonds is 5. The standard InChI is InChI=1S/C11H17BrN2O/c1-14(2)10(7-13)8-15-11-5-3-9(12)4-6-11/h3-6,10H,7-8,13H2,1-2H3. The highest BCUT2D eigenvalue weighted by Gasteiger charge is 2.09. The molecule has 0 aliphatic heterocycles. The van der Waals surface area contributed by atoms with Crippen molar-refractivity contribution >= 4 is 15.9 Å². The second kappa shape index (κ2) is 6.10. The molecule has 1 aromatic carbocycles. The van der Waals surface area contributed by atoms with Crippen LogP contribution in [-0.2, 0) is 0 Å². The summed E-state index contributed by atoms with van der Waals surface area (Å²) in [5, 5.41) is 0. The smallest absolute Gasteiger partial charge is 0.119 e. The average Bonchev–Trinajstić information content (AvgIpc) is 2.21. The molecule has 0 heterocycles. The van der Waals surface area contributed by atoms with Gasteiger partial charge in [0.25, 0.3) is 0 Å². The highest BCUT2D eigenvalue weighted by Crippen LogP contribution is 2.16. The Kier molecular flexibility index (Phi) is 5.08. The third-order valence-corrected chi connectivity index (χ3v) is 2.79. The van der Waals surface area contributed by atoms with Crippen LogP contribution in [0.15, 0.2) is 28.7 Å². The van der Waals surface area contributed by atoms with Crippen LogP contribution in [0, 0.1) is 0 Å². The Bertz CT molecular complexity index is 287. The van der Waals surface area contributed by atoms with Gasteiger partial charge in [-0.2, -0.15) is 0 Å². The predicted molar refractivity (Wildman–Crippen MR) is 66.2 cm³/mol. The van der Waals surface area contributed by atoms with E-state index in [9.17, 15) is 0 Å². The van der Waals surface area contributed by atoms with Gasteiger partial charge in [0.1, 0.15) is 12.4 Å². The zero-order valence-electron chi connectivity index (χ0n) is 9.11. The summed E-state index contributed by atoms with van der Waals surface area (Å²) >= 11 is 3.38. The van der Waals surface area contributed by atoms with Crippen molar-refractivity contribution in [2.45, 2.75) is 6.04 Å². The Morgan fingerprint density at radius 1 is 1.33 bits per heavy atom. The molecule has 1 rings (SSSR count). The van der Waals surface area contributed by atoms with Gasteiger partial charge in [0.2, 0.25) is 0 Å². The van der Waals surface area contributed by atoms with Gasteiger partial charge in [0.05, 0.1) is 6.04 Å². The van der Waals surface area contributed by atoms with Crippen molar-refractivity contribution in [3.05, 3.63) is 28.7 Å². The Balaban J connectivity index is 2.45. The van der Waals surface area contributed by atoms with Crippen LogP contribution < -0.4 is 10.5 Å². The van der Waals surface area contributed by atoms with Crippen molar-refractivity contribution < 1.29 is 4.74 Å². The number of benzene rings is 1. The third kappa shape index (κ3) is 4.20. The summed E-state index contributed by atoms with van der Waals surface area (Å²) in [6.45, 7) is 1.22. The summed E-state index contributed by atoms with van der Waals surface area (Å²) in [7, 11) is 4.00. The van der Waals surface area contributed by atoms with Gasteiger partial charge in [-0.1, -0.05) is 15.9 Å². The molecule has 0 aliphatic carbocycles. The van der Waals surface area contributed by atoms with Gasteiger partial charge in [-0.15, -0.1) is 0 Å². The van der Waals surface area contributed by atoms with Crippen LogP contribution >= 0.6 is 15.9 Å². The molecule has 4 heteroatoms. The lowest BCUT2D eigenvalue weighted by molar-refractivity contribution is 0.190. The van der Waals surface area contributed by atoms with Crippen molar-refractivity contribution in [3.8, 4) is 5.75 Å². The van der Waals surface area contributed by atoms with Crippen molar-refractivity contribution in [2.24, 2.45) is 5.73 Å². The molecule has 3 nitrogen and oxygen atoms in total. The van der Waals surface area contributed by atoms with Crippen LogP contribution in [-0.4, -0.2) is 38.2 Å². The topological polar surface area (TPSA) is 38.5 Å². The highest BCUT2D eigenvalue weighted by molar-refractivity contribution is 9.10. The minimum Gasteiger partial charge on any atom is -0.492 e. The molecule has 0 aromatic heterocycles. The predicted octanol–water partition coefficient (Wildman–Crippen LogP) is 1.72. The number of hydrogen-bond acceptors (Lipinski definition) is 3. The van der Waals surface area contributed by atoms with Gasteiger partial charge in [-0.3, -0.25) is 0 Å². The van der Waals surface area contributed by atoms with E-state index in [0.29, 0.717) is 13.2 Å². The van der Waals surface area contributed by atoms with E-state index in [2.05, 4.69) is 20.8 Å². The van der Waals surface area contributed by atoms with Crippen LogP contribution in [0.25, 0.3) is 0 Å². The van der Waals surface area contributed by atoms with Crippen molar-refractivity contribution in [3.63, 3.8) is 0 Å². The molecule has 0 saturated heterocycles. The molecule has 2 N–H and O–H groups in total. The van der Waals surface area contributed by atoms with E-state index in [0.717, 1.165) is 10.2 Å². The Hall–Kier alpha value is -0.580. The van der Waals surface area contributed by atoms with Gasteiger partial charge < -0.3 is 15.4 Å². The monoisotopic (exact) mass is 272 g/mol. The first-order valence-corrected chi connectivity index (χ1v) is 5.67. The van der Waals surface area contributed by atoms with Crippen LogP contribution in [0.4, 0.5) is 0 Å². The molecular weight excluding hydrogens is 256 g/mol. The molecule has 0 fully saturated rings. The average molecular weight is 273 g/mol. The third-order valence-electron chi connectivity index (χ3n) is 2.26. The number of halogens is 1. The van der Waals surface area contributed by atoms with Crippen molar-refractivity contribution in [1.82, 2.24) is 4.90 Å². The molecule has 15 heavy (non-hydrogen) atoms. The summed E-state index contributed by atoms with van der Waals surface area (Å²) in [5.41, 5.74) is 5.63. The highest BCUT2D eigenvalue weighted by atomic mass is 79.9. The lowest BCUT2D eigenvalue weighted by atomic mass is 10.3. The Labute approximate surface area is 99.3 Å². The number of hydrogen-bond donors (Lipinski definition) is 1. The van der Waals surface area contributed by atoms with E-state index in [-0.39, 0.29) is 6.04 Å². The quantitative estimate of drug-likeness (QED) is 0.887. The van der Waals surface area contributed by atoms with E-state index in [1.54, 1.807) is 0 Å². The fourth-order valence-corrected chi connectivity index (χ4v) is 1.42. The molecule has 1 aromatic rings. The van der Waals surface area contributed by atoms with Gasteiger partial charge in [0, 0.05) is 11.0 Å². The molecule has 0 spiro atoms. The summed E-state index contributed by atoms with van der Waals surface area (Å²) in [6.07, 6.45) is 0. The maximum absolute atomic E-state index is 5.63. The van der Waals surface area contributed by atoms with E-state index in [1.807, 2.05) is 38.4 Å². The van der Waals surface area contributed by atoms with Crippen molar-refractivity contribution in [1.29, 1.82) is 0 Å². The van der Waals surface area contributed by atoms with E-state index < -0.39 is 0 Å². The Morgan fingerprint density at radius 3 is 2.40 bits per heavy atom. The van der Waals surface area contributed by atoms with Crippen LogP contribution in [0.1, 0.15) is 0 Å². The fraction of sp³-hybridized carbons (Fsp3) is 0.455. The minimum atomic E-state index is 0.258. The maximum Gasteiger partial charge on any atom is 0.119 e. The van der Waals surface area contributed by atoms with Gasteiger partial charge in [-0.25, -0.2) is 0 Å². The molecular formula is C11H17BrN2O. The van der Waals surface area contributed by atoms with Gasteiger partial charge in [0.15, 0.2) is 0 Å². The molecule has 1 atom stereocenters. The molecule has 1 unspecified atom stereocenters. The summed E-state index contributed by atoms with van der Waals surface area (Å²) < 4.78 is 6.69. The van der Waals surface area contributed by atoms with Crippen LogP contribution in [0.3, 0.4) is 0 Å². The second-order valence-corrected chi connectivity index (χ2v) is 4.53. The zero-order valence-corrected chi connectivity index (χ0v) is 10.7. The Morgan fingerprint density at radius 2 is 1.93 bits per heavy atom. The number of ether oxygens (including phenoxy) is 1. The molecule has 84 valence electrons. The number of likely N-dealkylation sites (N-methyl/N-ethyl adjacent to an activating group) is 1. The van der Waals surface area contributed by atoms with Gasteiger partial charge in [-0.05, 0) is 38.4 Å². The van der Waals surface area contributed by atoms with Crippen LogP contribution in [0.5, 0.6) is 5.75 Å². The second-order valence-electron chi connectivity index (χ2n) is 3.62. The summed E-state index contributed by atoms with van der Waals surface area (Å²) in [5.74, 6) is 0.874. The first kappa shape index (κ1) is 12.5. The maximum atomic E-state index is 5.63.